The highest BCUT2D eigenvalue weighted by Crippen LogP contribution is 2.48. The molecule has 1 aliphatic heterocycles. The van der Waals surface area contributed by atoms with Gasteiger partial charge in [-0.2, -0.15) is 0 Å². The lowest BCUT2D eigenvalue weighted by molar-refractivity contribution is 0.0371. The Balaban J connectivity index is 1.20. The Morgan fingerprint density at radius 2 is 1.90 bits per heavy atom. The van der Waals surface area contributed by atoms with Gasteiger partial charge < -0.3 is 14.9 Å². The van der Waals surface area contributed by atoms with Gasteiger partial charge in [0.15, 0.2) is 0 Å². The Bertz CT molecular complexity index is 710. The van der Waals surface area contributed by atoms with E-state index < -0.39 is 6.10 Å². The number of unbranched alkanes of at least 4 members (excludes halogenated alkanes) is 2. The molecule has 0 spiro atoms. The molecule has 30 heavy (non-hydrogen) atoms. The van der Waals surface area contributed by atoms with Crippen LogP contribution in [0, 0.1) is 17.8 Å². The van der Waals surface area contributed by atoms with Crippen LogP contribution in [-0.4, -0.2) is 54.1 Å². The average Bonchev–Trinajstić information content (AvgIpc) is 3.29. The van der Waals surface area contributed by atoms with Gasteiger partial charge in [-0.05, 0) is 56.0 Å². The van der Waals surface area contributed by atoms with E-state index in [4.69, 9.17) is 4.74 Å². The first-order valence-electron chi connectivity index (χ1n) is 11.8. The van der Waals surface area contributed by atoms with Gasteiger partial charge in [0.1, 0.15) is 0 Å². The van der Waals surface area contributed by atoms with Gasteiger partial charge in [-0.3, -0.25) is 4.90 Å². The second-order valence-electron chi connectivity index (χ2n) is 9.24. The predicted octanol–water partition coefficient (Wildman–Crippen LogP) is 4.11. The van der Waals surface area contributed by atoms with Crippen molar-refractivity contribution >= 4 is 0 Å². The van der Waals surface area contributed by atoms with Crippen molar-refractivity contribution in [3.8, 4) is 0 Å². The third-order valence-electron chi connectivity index (χ3n) is 7.18. The van der Waals surface area contributed by atoms with Gasteiger partial charge in [0.2, 0.25) is 0 Å². The molecule has 1 aromatic rings. The standard InChI is InChI=1S/C26H37NO3/c28-25(21-8-4-1-5-9-21)11-10-23-24-18-20(17-22(24)19-26(23)29)7-3-2-6-12-27-13-15-30-16-14-27/h1,4-5,8-11,17,22-26,28-29H,2-3,6-7,12-16,18-19H2/t22-,23+,24-,25+,26+/m0/s1. The van der Waals surface area contributed by atoms with Gasteiger partial charge in [-0.15, -0.1) is 0 Å². The lowest BCUT2D eigenvalue weighted by atomic mass is 9.88. The highest BCUT2D eigenvalue weighted by molar-refractivity contribution is 5.24. The molecular formula is C26H37NO3. The van der Waals surface area contributed by atoms with Crippen molar-refractivity contribution < 1.29 is 14.9 Å². The van der Waals surface area contributed by atoms with E-state index in [0.717, 1.165) is 44.7 Å². The molecular weight excluding hydrogens is 374 g/mol. The Hall–Kier alpha value is -1.46. The van der Waals surface area contributed by atoms with Crippen LogP contribution in [0.4, 0.5) is 0 Å². The molecule has 5 atom stereocenters. The highest BCUT2D eigenvalue weighted by Gasteiger charge is 2.43. The molecule has 4 rings (SSSR count). The van der Waals surface area contributed by atoms with E-state index in [-0.39, 0.29) is 12.0 Å². The van der Waals surface area contributed by atoms with E-state index in [1.807, 2.05) is 36.4 Å². The lowest BCUT2D eigenvalue weighted by Gasteiger charge is -2.26. The maximum Gasteiger partial charge on any atom is 0.0971 e. The van der Waals surface area contributed by atoms with Crippen LogP contribution in [0.3, 0.4) is 0 Å². The number of aliphatic hydroxyl groups excluding tert-OH is 2. The molecule has 0 unspecified atom stereocenters. The summed E-state index contributed by atoms with van der Waals surface area (Å²) in [5.74, 6) is 1.16. The summed E-state index contributed by atoms with van der Waals surface area (Å²) in [7, 11) is 0. The molecule has 2 N–H and O–H groups in total. The van der Waals surface area contributed by atoms with Crippen LogP contribution in [-0.2, 0) is 4.74 Å². The summed E-state index contributed by atoms with van der Waals surface area (Å²) < 4.78 is 5.41. The normalized spacial score (nSPS) is 30.5. The van der Waals surface area contributed by atoms with E-state index >= 15 is 0 Å². The molecule has 4 heteroatoms. The number of rotatable bonds is 9. The van der Waals surface area contributed by atoms with Crippen molar-refractivity contribution in [3.63, 3.8) is 0 Å². The van der Waals surface area contributed by atoms with Crippen LogP contribution >= 0.6 is 0 Å². The minimum Gasteiger partial charge on any atom is -0.392 e. The van der Waals surface area contributed by atoms with Crippen LogP contribution in [0.5, 0.6) is 0 Å². The maximum absolute atomic E-state index is 10.6. The fraction of sp³-hybridized carbons (Fsp3) is 0.615. The average molecular weight is 412 g/mol. The first-order valence-corrected chi connectivity index (χ1v) is 11.8. The number of benzene rings is 1. The van der Waals surface area contributed by atoms with Gasteiger partial charge in [-0.25, -0.2) is 0 Å². The summed E-state index contributed by atoms with van der Waals surface area (Å²) in [5.41, 5.74) is 2.49. The molecule has 0 amide bonds. The molecule has 164 valence electrons. The number of ether oxygens (including phenoxy) is 1. The van der Waals surface area contributed by atoms with Crippen LogP contribution < -0.4 is 0 Å². The summed E-state index contributed by atoms with van der Waals surface area (Å²) in [4.78, 5) is 2.52. The van der Waals surface area contributed by atoms with Crippen LogP contribution in [0.1, 0.15) is 50.2 Å². The molecule has 1 aromatic carbocycles. The first-order chi connectivity index (χ1) is 14.7. The number of aliphatic hydroxyl groups is 2. The number of fused-ring (bicyclic) bond motifs is 1. The predicted molar refractivity (Wildman–Crippen MR) is 120 cm³/mol. The van der Waals surface area contributed by atoms with E-state index in [0.29, 0.717) is 11.8 Å². The molecule has 0 bridgehead atoms. The Labute approximate surface area is 181 Å². The van der Waals surface area contributed by atoms with Crippen LogP contribution in [0.15, 0.2) is 54.1 Å². The van der Waals surface area contributed by atoms with Crippen molar-refractivity contribution in [1.82, 2.24) is 4.90 Å². The van der Waals surface area contributed by atoms with E-state index in [9.17, 15) is 10.2 Å². The summed E-state index contributed by atoms with van der Waals surface area (Å²) in [6, 6.07) is 9.73. The third-order valence-corrected chi connectivity index (χ3v) is 7.18. The fourth-order valence-corrected chi connectivity index (χ4v) is 5.47. The molecule has 3 aliphatic rings. The third kappa shape index (κ3) is 5.61. The molecule has 2 aliphatic carbocycles. The molecule has 1 saturated carbocycles. The van der Waals surface area contributed by atoms with Gasteiger partial charge in [-0.1, -0.05) is 60.6 Å². The van der Waals surface area contributed by atoms with Crippen molar-refractivity contribution in [3.05, 3.63) is 59.7 Å². The fourth-order valence-electron chi connectivity index (χ4n) is 5.47. The quantitative estimate of drug-likeness (QED) is 0.474. The second kappa shape index (κ2) is 10.7. The zero-order chi connectivity index (χ0) is 20.8. The number of hydrogen-bond donors (Lipinski definition) is 2. The molecule has 1 heterocycles. The maximum atomic E-state index is 10.6. The number of morpholine rings is 1. The van der Waals surface area contributed by atoms with E-state index in [1.54, 1.807) is 5.57 Å². The Morgan fingerprint density at radius 1 is 1.10 bits per heavy atom. The SMILES string of the molecule is O[C@H](C=C[C@@H]1[C@H]2CC(CCCCCN3CCOCC3)=C[C@H]2C[C@H]1O)c1ccccc1. The van der Waals surface area contributed by atoms with Gasteiger partial charge in [0.05, 0.1) is 25.4 Å². The topological polar surface area (TPSA) is 52.9 Å². The molecule has 0 aromatic heterocycles. The monoisotopic (exact) mass is 411 g/mol. The van der Waals surface area contributed by atoms with Gasteiger partial charge >= 0.3 is 0 Å². The van der Waals surface area contributed by atoms with Crippen molar-refractivity contribution in [2.75, 3.05) is 32.8 Å². The molecule has 2 fully saturated rings. The number of hydrogen-bond acceptors (Lipinski definition) is 4. The lowest BCUT2D eigenvalue weighted by Crippen LogP contribution is -2.36. The Morgan fingerprint density at radius 3 is 2.70 bits per heavy atom. The molecule has 0 radical (unpaired) electrons. The summed E-state index contributed by atoms with van der Waals surface area (Å²) in [6.07, 6.45) is 12.5. The first kappa shape index (κ1) is 21.8. The van der Waals surface area contributed by atoms with E-state index in [2.05, 4.69) is 17.1 Å². The van der Waals surface area contributed by atoms with Crippen molar-refractivity contribution in [1.29, 1.82) is 0 Å². The van der Waals surface area contributed by atoms with Crippen molar-refractivity contribution in [2.45, 2.75) is 50.7 Å². The second-order valence-corrected chi connectivity index (χ2v) is 9.24. The van der Waals surface area contributed by atoms with Gasteiger partial charge in [0.25, 0.3) is 0 Å². The molecule has 1 saturated heterocycles. The summed E-state index contributed by atoms with van der Waals surface area (Å²) >= 11 is 0. The van der Waals surface area contributed by atoms with Crippen LogP contribution in [0.2, 0.25) is 0 Å². The zero-order valence-corrected chi connectivity index (χ0v) is 18.0. The minimum absolute atomic E-state index is 0.156. The zero-order valence-electron chi connectivity index (χ0n) is 18.0. The van der Waals surface area contributed by atoms with Gasteiger partial charge in [0, 0.05) is 19.0 Å². The summed E-state index contributed by atoms with van der Waals surface area (Å²) in [5, 5.41) is 21.0. The summed E-state index contributed by atoms with van der Waals surface area (Å²) in [6.45, 7) is 5.16. The number of allylic oxidation sites excluding steroid dienone is 2. The number of nitrogens with zero attached hydrogens (tertiary/aromatic N) is 1. The van der Waals surface area contributed by atoms with Crippen LogP contribution in [0.25, 0.3) is 0 Å². The van der Waals surface area contributed by atoms with E-state index in [1.165, 1.54) is 32.2 Å². The largest absolute Gasteiger partial charge is 0.392 e. The molecule has 4 nitrogen and oxygen atoms in total. The smallest absolute Gasteiger partial charge is 0.0971 e. The van der Waals surface area contributed by atoms with Crippen molar-refractivity contribution in [2.24, 2.45) is 17.8 Å². The minimum atomic E-state index is -0.599. The Kier molecular flexibility index (Phi) is 7.78. The highest BCUT2D eigenvalue weighted by atomic mass is 16.5.